The molecule has 614 valence electrons. The number of ketones is 1. The fraction of sp³-hybridized carbons (Fsp3) is 0.337. The van der Waals surface area contributed by atoms with Crippen LogP contribution in [-0.2, 0) is 23.9 Å². The minimum Gasteiger partial charge on any atom is -0.457 e. The van der Waals surface area contributed by atoms with Crippen LogP contribution in [0.3, 0.4) is 0 Å². The topological polar surface area (TPSA) is 26.3 Å². The Hall–Kier alpha value is -9.95. The highest BCUT2D eigenvalue weighted by atomic mass is 19.4. The van der Waals surface area contributed by atoms with E-state index in [1.807, 2.05) is 90.1 Å². The van der Waals surface area contributed by atoms with Gasteiger partial charge in [0.1, 0.15) is 16.9 Å². The molecule has 11 aromatic rings. The van der Waals surface area contributed by atoms with Gasteiger partial charge in [0.05, 0.1) is 16.7 Å². The van der Waals surface area contributed by atoms with Gasteiger partial charge in [-0.15, -0.1) is 0 Å². The summed E-state index contributed by atoms with van der Waals surface area (Å²) < 4.78 is 163. The first-order chi connectivity index (χ1) is 52.9. The Morgan fingerprint density at radius 2 is 0.443 bits per heavy atom. The molecule has 0 aliphatic carbocycles. The smallest absolute Gasteiger partial charge is 0.416 e. The minimum absolute atomic E-state index is 0.0983. The number of halogens is 12. The molecule has 11 aromatic carbocycles. The van der Waals surface area contributed by atoms with Crippen molar-refractivity contribution < 1.29 is 62.2 Å². The van der Waals surface area contributed by atoms with Crippen molar-refractivity contribution in [3.8, 4) is 22.6 Å². The summed E-state index contributed by atoms with van der Waals surface area (Å²) in [6.07, 6.45) is -17.9. The Kier molecular flexibility index (Phi) is 32.5. The molecule has 0 radical (unpaired) electrons. The average Bonchev–Trinajstić information content (AvgIpc) is 0.770. The van der Waals surface area contributed by atoms with E-state index in [0.29, 0.717) is 22.3 Å². The monoisotopic (exact) mass is 1590 g/mol. The van der Waals surface area contributed by atoms with Gasteiger partial charge in [0.25, 0.3) is 0 Å². The highest BCUT2D eigenvalue weighted by Gasteiger charge is 2.53. The minimum atomic E-state index is -4.65. The molecule has 0 aliphatic rings. The van der Waals surface area contributed by atoms with Gasteiger partial charge in [0.15, 0.2) is 5.78 Å². The molecule has 0 fully saturated rings. The molecule has 2 nitrogen and oxygen atoms in total. The summed E-state index contributed by atoms with van der Waals surface area (Å²) >= 11 is 0. The van der Waals surface area contributed by atoms with Gasteiger partial charge in [-0.2, -0.15) is 52.7 Å². The molecule has 0 amide bonds. The molecule has 0 aliphatic heterocycles. The van der Waals surface area contributed by atoms with Gasteiger partial charge in [-0.3, -0.25) is 4.79 Å². The van der Waals surface area contributed by atoms with Crippen LogP contribution >= 0.6 is 0 Å². The van der Waals surface area contributed by atoms with Crippen LogP contribution in [0.25, 0.3) is 11.1 Å². The molecule has 0 spiro atoms. The molecular weight excluding hydrogens is 1470 g/mol. The Bertz CT molecular complexity index is 4930. The van der Waals surface area contributed by atoms with E-state index in [-0.39, 0.29) is 39.2 Å². The summed E-state index contributed by atoms with van der Waals surface area (Å²) in [6.45, 7) is 53.3. The normalized spacial score (nSPS) is 11.4. The lowest BCUT2D eigenvalue weighted by atomic mass is 9.74. The fourth-order valence-electron chi connectivity index (χ4n) is 13.0. The molecule has 14 heteroatoms. The SMILES string of the molecule is Cc1c(C)c(C(F)(F)F)c(C)c(C)c1C(F)(F)F.Cc1cc(C)c(C)c(C(F)(F)F)c1C.Cc1cc(C)c(C)cc1C.Cc1ccc(-c2ccc(C)c(C)c2)cc1C.Cc1ccc(C(=O)c2ccc(C)c(C)c2)cc1C.Cc1ccc(C(C)(c2ccc(C)c(C)c2)C(F)(F)F)cc1C.Cc1ccc(Oc2ccc(C)c(C)c2)cc1C. The Morgan fingerprint density at radius 1 is 0.226 bits per heavy atom. The van der Waals surface area contributed by atoms with Gasteiger partial charge in [-0.1, -0.05) is 127 Å². The second-order valence-corrected chi connectivity index (χ2v) is 31.2. The molecule has 0 N–H and O–H groups in total. The quantitative estimate of drug-likeness (QED) is 0.117. The van der Waals surface area contributed by atoms with E-state index in [9.17, 15) is 57.5 Å². The lowest BCUT2D eigenvalue weighted by molar-refractivity contribution is -0.173. The molecule has 0 unspecified atom stereocenters. The van der Waals surface area contributed by atoms with Crippen molar-refractivity contribution in [3.63, 3.8) is 0 Å². The molecule has 0 bridgehead atoms. The van der Waals surface area contributed by atoms with Gasteiger partial charge < -0.3 is 4.74 Å². The van der Waals surface area contributed by atoms with E-state index in [2.05, 4.69) is 170 Å². The maximum absolute atomic E-state index is 13.9. The van der Waals surface area contributed by atoms with Gasteiger partial charge in [0.2, 0.25) is 0 Å². The molecule has 115 heavy (non-hydrogen) atoms. The van der Waals surface area contributed by atoms with Crippen molar-refractivity contribution in [2.75, 3.05) is 0 Å². The summed E-state index contributed by atoms with van der Waals surface area (Å²) in [5.74, 6) is 1.90. The zero-order chi connectivity index (χ0) is 87.4. The maximum Gasteiger partial charge on any atom is 0.416 e. The molecule has 0 atom stereocenters. The highest BCUT2D eigenvalue weighted by Crippen LogP contribution is 2.48. The van der Waals surface area contributed by atoms with Crippen LogP contribution < -0.4 is 4.74 Å². The third kappa shape index (κ3) is 24.8. The van der Waals surface area contributed by atoms with Crippen LogP contribution in [0.2, 0.25) is 0 Å². The number of hydrogen-bond acceptors (Lipinski definition) is 2. The standard InChI is InChI=1S/C19H21F3.C17H18O.C16H18O.C16H18.C12H12F6.C11H13F3.C10H14/c1-12-6-8-16(10-14(12)3)18(5,19(20,21)22)17-9-7-13(2)15(4)11-17;1-11-5-7-15(9-13(11)3)17(18)16-8-6-12(2)14(4)10-16;1-11-5-7-15(9-13(11)3)17-16-8-6-12(2)14(4)10-16;1-11-5-7-15(9-13(11)3)16-8-6-12(2)14(4)10-16;1-5-6(2)10(12(16,17)18)8(4)7(3)9(5)11(13,14)15;1-6-5-7(2)9(4)10(8(6)3)11(12,13)14;1-7-5-9(3)10(4)6-8(7)2/h6-11H,1-5H3;5-10H,1-4H3;5-10H,1-4H3;5-10H,1-4H3;1-4H3;5H,1-4H3;5-6H,1-4H3. The first-order valence-corrected chi connectivity index (χ1v) is 38.3. The second kappa shape index (κ2) is 39.1. The van der Waals surface area contributed by atoms with Gasteiger partial charge in [0, 0.05) is 11.1 Å². The summed E-state index contributed by atoms with van der Waals surface area (Å²) in [5, 5.41) is 0. The number of ether oxygens (including phenoxy) is 1. The third-order valence-electron chi connectivity index (χ3n) is 22.8. The van der Waals surface area contributed by atoms with Crippen LogP contribution in [0.5, 0.6) is 11.5 Å². The first-order valence-electron chi connectivity index (χ1n) is 38.3. The summed E-state index contributed by atoms with van der Waals surface area (Å²) in [4.78, 5) is 12.4. The van der Waals surface area contributed by atoms with Crippen LogP contribution in [0, 0.1) is 194 Å². The van der Waals surface area contributed by atoms with E-state index >= 15 is 0 Å². The van der Waals surface area contributed by atoms with Crippen molar-refractivity contribution in [1.29, 1.82) is 0 Å². The lowest BCUT2D eigenvalue weighted by Gasteiger charge is -2.34. The Labute approximate surface area is 676 Å². The number of hydrogen-bond donors (Lipinski definition) is 0. The van der Waals surface area contributed by atoms with Crippen LogP contribution in [0.1, 0.15) is 206 Å². The van der Waals surface area contributed by atoms with Crippen molar-refractivity contribution in [1.82, 2.24) is 0 Å². The molecular formula is C101H114F12O2. The summed E-state index contributed by atoms with van der Waals surface area (Å²) in [5.41, 5.74) is 25.5. The average molecular weight is 1590 g/mol. The van der Waals surface area contributed by atoms with Crippen molar-refractivity contribution in [2.45, 2.75) is 231 Å². The highest BCUT2D eigenvalue weighted by molar-refractivity contribution is 6.09. The van der Waals surface area contributed by atoms with E-state index < -0.39 is 46.8 Å². The van der Waals surface area contributed by atoms with Gasteiger partial charge in [-0.05, 0) is 415 Å². The number of aryl methyl sites for hydroxylation is 22. The van der Waals surface area contributed by atoms with Crippen LogP contribution in [-0.4, -0.2) is 12.0 Å². The van der Waals surface area contributed by atoms with E-state index in [1.165, 1.54) is 110 Å². The predicted molar refractivity (Wildman–Crippen MR) is 454 cm³/mol. The predicted octanol–water partition coefficient (Wildman–Crippen LogP) is 31.1. The molecule has 0 aromatic heterocycles. The number of rotatable bonds is 7. The number of alkyl halides is 12. The third-order valence-corrected chi connectivity index (χ3v) is 22.8. The summed E-state index contributed by atoms with van der Waals surface area (Å²) in [6, 6.07) is 53.7. The fourth-order valence-corrected chi connectivity index (χ4v) is 13.0. The molecule has 0 heterocycles. The molecule has 0 saturated heterocycles. The van der Waals surface area contributed by atoms with E-state index in [4.69, 9.17) is 4.74 Å². The second-order valence-electron chi connectivity index (χ2n) is 31.2. The van der Waals surface area contributed by atoms with Crippen molar-refractivity contribution >= 4 is 5.78 Å². The lowest BCUT2D eigenvalue weighted by Crippen LogP contribution is -2.40. The molecule has 0 saturated carbocycles. The zero-order valence-electron chi connectivity index (χ0n) is 72.4. The Balaban J connectivity index is 0.000000242. The maximum atomic E-state index is 13.9. The van der Waals surface area contributed by atoms with Gasteiger partial charge >= 0.3 is 24.7 Å². The van der Waals surface area contributed by atoms with Crippen molar-refractivity contribution in [2.24, 2.45) is 0 Å². The summed E-state index contributed by atoms with van der Waals surface area (Å²) in [7, 11) is 0. The van der Waals surface area contributed by atoms with Crippen LogP contribution in [0.4, 0.5) is 52.7 Å². The van der Waals surface area contributed by atoms with Crippen molar-refractivity contribution in [3.05, 3.63) is 359 Å². The molecule has 11 rings (SSSR count). The largest absolute Gasteiger partial charge is 0.457 e. The van der Waals surface area contributed by atoms with E-state index in [1.54, 1.807) is 56.3 Å². The Morgan fingerprint density at radius 3 is 0.687 bits per heavy atom. The van der Waals surface area contributed by atoms with Gasteiger partial charge in [-0.25, -0.2) is 0 Å². The van der Waals surface area contributed by atoms with E-state index in [0.717, 1.165) is 83.7 Å². The number of benzene rings is 11. The van der Waals surface area contributed by atoms with Crippen LogP contribution in [0.15, 0.2) is 164 Å². The number of carbonyl (C=O) groups is 1. The first kappa shape index (κ1) is 95.6. The zero-order valence-corrected chi connectivity index (χ0v) is 72.4. The number of carbonyl (C=O) groups excluding carboxylic acids is 1.